The number of aliphatic hydroxyl groups is 2. The van der Waals surface area contributed by atoms with Gasteiger partial charge in [0.1, 0.15) is 40.5 Å². The summed E-state index contributed by atoms with van der Waals surface area (Å²) < 4.78 is 71.1. The van der Waals surface area contributed by atoms with Crippen LogP contribution in [0.4, 0.5) is 17.6 Å². The average Bonchev–Trinajstić information content (AvgIpc) is 3.82. The molecule has 6 rings (SSSR count). The van der Waals surface area contributed by atoms with E-state index in [9.17, 15) is 24.2 Å². The molecule has 2 amide bonds. The molecule has 2 atom stereocenters. The predicted molar refractivity (Wildman–Crippen MR) is 174 cm³/mol. The van der Waals surface area contributed by atoms with Crippen LogP contribution >= 0.6 is 0 Å². The lowest BCUT2D eigenvalue weighted by atomic mass is 9.81. The van der Waals surface area contributed by atoms with E-state index in [1.165, 1.54) is 52.0 Å². The number of ether oxygens (including phenoxy) is 2. The molecule has 1 aliphatic heterocycles. The molecule has 2 aromatic carbocycles. The Morgan fingerprint density at radius 1 is 1.06 bits per heavy atom. The number of hydrogen-bond acceptors (Lipinski definition) is 8. The number of amides is 2. The first-order valence-electron chi connectivity index (χ1n) is 16.0. The van der Waals surface area contributed by atoms with Crippen molar-refractivity contribution < 1.29 is 46.8 Å². The summed E-state index contributed by atoms with van der Waals surface area (Å²) in [6.45, 7) is 4.03. The number of carbonyl (C=O) groups is 2. The molecule has 2 aromatic heterocycles. The van der Waals surface area contributed by atoms with Crippen molar-refractivity contribution in [3.8, 4) is 22.8 Å². The van der Waals surface area contributed by atoms with Crippen LogP contribution in [0, 0.1) is 12.7 Å². The fourth-order valence-corrected chi connectivity index (χ4v) is 5.65. The molecule has 0 saturated heterocycles. The van der Waals surface area contributed by atoms with Crippen molar-refractivity contribution in [2.75, 3.05) is 19.7 Å². The highest BCUT2D eigenvalue weighted by molar-refractivity contribution is 6.00. The van der Waals surface area contributed by atoms with E-state index in [1.807, 2.05) is 0 Å². The van der Waals surface area contributed by atoms with Crippen molar-refractivity contribution in [2.24, 2.45) is 0 Å². The number of aryl methyl sites for hydroxylation is 1. The maximum absolute atomic E-state index is 15.0. The fourth-order valence-electron chi connectivity index (χ4n) is 5.65. The topological polar surface area (TPSA) is 143 Å². The molecule has 264 valence electrons. The summed E-state index contributed by atoms with van der Waals surface area (Å²) in [5.74, 6) is -1.86. The zero-order valence-corrected chi connectivity index (χ0v) is 27.7. The van der Waals surface area contributed by atoms with Crippen LogP contribution in [0.5, 0.6) is 11.5 Å². The summed E-state index contributed by atoms with van der Waals surface area (Å²) in [7, 11) is 0. The summed E-state index contributed by atoms with van der Waals surface area (Å²) in [6.07, 6.45) is -2.23. The molecule has 0 spiro atoms. The van der Waals surface area contributed by atoms with Gasteiger partial charge in [-0.1, -0.05) is 6.07 Å². The second kappa shape index (κ2) is 12.5. The van der Waals surface area contributed by atoms with E-state index in [0.717, 1.165) is 25.0 Å². The van der Waals surface area contributed by atoms with Crippen LogP contribution in [-0.4, -0.2) is 69.6 Å². The number of aromatic nitrogens is 2. The Bertz CT molecular complexity index is 1990. The number of carbonyl (C=O) groups excluding carboxylic acids is 2. The van der Waals surface area contributed by atoms with Gasteiger partial charge in [0.15, 0.2) is 0 Å². The largest absolute Gasteiger partial charge is 0.489 e. The highest BCUT2D eigenvalue weighted by Crippen LogP contribution is 2.48. The number of fused-ring (bicyclic) bond motifs is 2. The van der Waals surface area contributed by atoms with Crippen molar-refractivity contribution in [3.63, 3.8) is 0 Å². The van der Waals surface area contributed by atoms with Gasteiger partial charge in [0.05, 0.1) is 23.9 Å². The minimum atomic E-state index is -5.38. The van der Waals surface area contributed by atoms with Gasteiger partial charge in [-0.25, -0.2) is 9.37 Å². The van der Waals surface area contributed by atoms with Crippen LogP contribution in [0.25, 0.3) is 22.2 Å². The van der Waals surface area contributed by atoms with Gasteiger partial charge in [-0.3, -0.25) is 14.6 Å². The second-order valence-corrected chi connectivity index (χ2v) is 13.7. The molecule has 2 aliphatic rings. The molecule has 10 nitrogen and oxygen atoms in total. The Morgan fingerprint density at radius 2 is 1.80 bits per heavy atom. The van der Waals surface area contributed by atoms with E-state index in [2.05, 4.69) is 20.6 Å². The van der Waals surface area contributed by atoms with E-state index >= 15 is 13.2 Å². The Morgan fingerprint density at radius 3 is 2.46 bits per heavy atom. The van der Waals surface area contributed by atoms with Crippen molar-refractivity contribution in [3.05, 3.63) is 82.9 Å². The standard InChI is InChI=1S/C36H36F4N4O6/c1-19-12-21(7-10-25(19)37)29-30-24(34(4,18-49-30)32(46)43-16-33(2,3)47)15-27(44-29)35(48,36(38,39)40)17-42-31(45)22-13-20-6-5-11-41-28(20)26(14-22)50-23-8-9-23/h5-7,10-15,23,47-48H,8-9,16-18H2,1-4H3,(H,42,45)(H,43,46)/t34-,35-/m0/s1. The van der Waals surface area contributed by atoms with E-state index in [-0.39, 0.29) is 53.0 Å². The highest BCUT2D eigenvalue weighted by atomic mass is 19.4. The Labute approximate surface area is 284 Å². The second-order valence-electron chi connectivity index (χ2n) is 13.7. The maximum Gasteiger partial charge on any atom is 0.424 e. The van der Waals surface area contributed by atoms with E-state index < -0.39 is 52.7 Å². The van der Waals surface area contributed by atoms with Crippen LogP contribution < -0.4 is 20.1 Å². The summed E-state index contributed by atoms with van der Waals surface area (Å²) in [5.41, 5.74) is -6.95. The monoisotopic (exact) mass is 696 g/mol. The minimum Gasteiger partial charge on any atom is -0.489 e. The number of pyridine rings is 2. The van der Waals surface area contributed by atoms with Gasteiger partial charge in [-0.15, -0.1) is 0 Å². The molecule has 4 aromatic rings. The van der Waals surface area contributed by atoms with E-state index in [1.54, 1.807) is 18.3 Å². The molecule has 4 N–H and O–H groups in total. The lowest BCUT2D eigenvalue weighted by molar-refractivity contribution is -0.265. The minimum absolute atomic E-state index is 0.0143. The number of rotatable bonds is 10. The molecule has 0 unspecified atom stereocenters. The SMILES string of the molecule is Cc1cc(-c2nc([C@@](O)(CNC(=O)c3cc(OC4CC4)c4ncccc4c3)C(F)(F)F)cc3c2OC[C@]3(C)C(=O)NCC(C)(C)O)ccc1F. The van der Waals surface area contributed by atoms with E-state index in [4.69, 9.17) is 9.47 Å². The third-order valence-corrected chi connectivity index (χ3v) is 8.83. The first-order valence-corrected chi connectivity index (χ1v) is 16.0. The molecule has 1 fully saturated rings. The first kappa shape index (κ1) is 35.0. The molecule has 1 saturated carbocycles. The van der Waals surface area contributed by atoms with Gasteiger partial charge < -0.3 is 30.3 Å². The number of halogens is 4. The molecule has 50 heavy (non-hydrogen) atoms. The maximum atomic E-state index is 15.0. The molecule has 3 heterocycles. The quantitative estimate of drug-likeness (QED) is 0.170. The van der Waals surface area contributed by atoms with Crippen molar-refractivity contribution in [1.82, 2.24) is 20.6 Å². The van der Waals surface area contributed by atoms with Gasteiger partial charge in [0, 0.05) is 34.8 Å². The Kier molecular flexibility index (Phi) is 8.76. The number of nitrogens with zero attached hydrogens (tertiary/aromatic N) is 2. The van der Waals surface area contributed by atoms with Gasteiger partial charge >= 0.3 is 6.18 Å². The number of nitrogens with one attached hydrogen (secondary N) is 2. The van der Waals surface area contributed by atoms with Crippen LogP contribution in [0.15, 0.2) is 54.7 Å². The summed E-state index contributed by atoms with van der Waals surface area (Å²) in [5, 5.41) is 27.0. The Balaban J connectivity index is 1.41. The van der Waals surface area contributed by atoms with Crippen molar-refractivity contribution in [1.29, 1.82) is 0 Å². The van der Waals surface area contributed by atoms with Crippen LogP contribution in [0.2, 0.25) is 0 Å². The third-order valence-electron chi connectivity index (χ3n) is 8.83. The van der Waals surface area contributed by atoms with Crippen LogP contribution in [-0.2, 0) is 15.8 Å². The summed E-state index contributed by atoms with van der Waals surface area (Å²) >= 11 is 0. The highest BCUT2D eigenvalue weighted by Gasteiger charge is 2.58. The molecule has 1 aliphatic carbocycles. The van der Waals surface area contributed by atoms with E-state index in [0.29, 0.717) is 16.7 Å². The van der Waals surface area contributed by atoms with Gasteiger partial charge in [-0.2, -0.15) is 13.2 Å². The zero-order valence-electron chi connectivity index (χ0n) is 27.7. The molecule has 0 radical (unpaired) electrons. The molecule has 0 bridgehead atoms. The lowest BCUT2D eigenvalue weighted by Gasteiger charge is -2.32. The molecule has 14 heteroatoms. The average molecular weight is 697 g/mol. The Hall–Kier alpha value is -4.82. The van der Waals surface area contributed by atoms with Gasteiger partial charge in [0.25, 0.3) is 5.91 Å². The normalized spacial score (nSPS) is 18.6. The molecular formula is C36H36F4N4O6. The van der Waals surface area contributed by atoms with Crippen molar-refractivity contribution >= 4 is 22.7 Å². The predicted octanol–water partition coefficient (Wildman–Crippen LogP) is 5.00. The summed E-state index contributed by atoms with van der Waals surface area (Å²) in [4.78, 5) is 35.5. The van der Waals surface area contributed by atoms with Crippen LogP contribution in [0.3, 0.4) is 0 Å². The zero-order chi connectivity index (χ0) is 36.2. The number of hydrogen-bond donors (Lipinski definition) is 4. The number of alkyl halides is 3. The lowest BCUT2D eigenvalue weighted by Crippen LogP contribution is -2.52. The molecular weight excluding hydrogens is 660 g/mol. The smallest absolute Gasteiger partial charge is 0.424 e. The van der Waals surface area contributed by atoms with Crippen LogP contribution in [0.1, 0.15) is 60.8 Å². The fraction of sp³-hybridized carbons (Fsp3) is 0.389. The van der Waals surface area contributed by atoms with Gasteiger partial charge in [-0.05, 0) is 88.6 Å². The first-order chi connectivity index (χ1) is 23.4. The number of benzene rings is 2. The van der Waals surface area contributed by atoms with Crippen molar-refractivity contribution in [2.45, 2.75) is 69.4 Å². The van der Waals surface area contributed by atoms with Gasteiger partial charge in [0.2, 0.25) is 11.5 Å². The third kappa shape index (κ3) is 6.69. The summed E-state index contributed by atoms with van der Waals surface area (Å²) in [6, 6.07) is 10.9.